The first-order chi connectivity index (χ1) is 10.9. The lowest BCUT2D eigenvalue weighted by Gasteiger charge is -2.31. The molecule has 2 heterocycles. The minimum atomic E-state index is -3.34. The SMILES string of the molecule is CCC[C@@H]1CN(C2CCOCC2)C[C@H]1NC(=O)CNS(C)(=O)=O. The maximum absolute atomic E-state index is 12.0. The molecule has 0 saturated carbocycles. The first kappa shape index (κ1) is 18.6. The summed E-state index contributed by atoms with van der Waals surface area (Å²) in [6, 6.07) is 0.644. The summed E-state index contributed by atoms with van der Waals surface area (Å²) >= 11 is 0. The summed E-state index contributed by atoms with van der Waals surface area (Å²) in [7, 11) is -3.34. The second-order valence-corrected chi connectivity index (χ2v) is 8.45. The quantitative estimate of drug-likeness (QED) is 0.673. The Bertz CT molecular complexity index is 491. The van der Waals surface area contributed by atoms with E-state index in [4.69, 9.17) is 4.74 Å². The van der Waals surface area contributed by atoms with E-state index in [9.17, 15) is 13.2 Å². The fourth-order valence-electron chi connectivity index (χ4n) is 3.53. The molecule has 2 rings (SSSR count). The zero-order valence-corrected chi connectivity index (χ0v) is 14.9. The first-order valence-electron chi connectivity index (χ1n) is 8.45. The Morgan fingerprint density at radius 3 is 2.57 bits per heavy atom. The topological polar surface area (TPSA) is 87.7 Å². The molecule has 0 radical (unpaired) electrons. The summed E-state index contributed by atoms with van der Waals surface area (Å²) < 4.78 is 29.8. The van der Waals surface area contributed by atoms with Gasteiger partial charge in [-0.1, -0.05) is 13.3 Å². The number of nitrogens with zero attached hydrogens (tertiary/aromatic N) is 1. The highest BCUT2D eigenvalue weighted by Gasteiger charge is 2.36. The first-order valence-corrected chi connectivity index (χ1v) is 10.3. The number of carbonyl (C=O) groups is 1. The highest BCUT2D eigenvalue weighted by Crippen LogP contribution is 2.26. The smallest absolute Gasteiger partial charge is 0.235 e. The average molecular weight is 347 g/mol. The Morgan fingerprint density at radius 2 is 1.96 bits per heavy atom. The molecule has 2 fully saturated rings. The predicted molar refractivity (Wildman–Crippen MR) is 88.6 cm³/mol. The van der Waals surface area contributed by atoms with Crippen molar-refractivity contribution < 1.29 is 17.9 Å². The highest BCUT2D eigenvalue weighted by atomic mass is 32.2. The number of sulfonamides is 1. The number of ether oxygens (including phenoxy) is 1. The molecule has 2 atom stereocenters. The van der Waals surface area contributed by atoms with Crippen molar-refractivity contribution in [2.24, 2.45) is 5.92 Å². The normalized spacial score (nSPS) is 27.2. The van der Waals surface area contributed by atoms with Crippen LogP contribution in [0, 0.1) is 5.92 Å². The maximum Gasteiger partial charge on any atom is 0.235 e. The van der Waals surface area contributed by atoms with Gasteiger partial charge < -0.3 is 10.1 Å². The van der Waals surface area contributed by atoms with Crippen molar-refractivity contribution in [2.75, 3.05) is 39.1 Å². The Balaban J connectivity index is 1.88. The third-order valence-electron chi connectivity index (χ3n) is 4.68. The van der Waals surface area contributed by atoms with Crippen molar-refractivity contribution in [1.82, 2.24) is 14.9 Å². The van der Waals surface area contributed by atoms with E-state index in [0.29, 0.717) is 12.0 Å². The Hall–Kier alpha value is -0.700. The second kappa shape index (κ2) is 8.41. The fraction of sp³-hybridized carbons (Fsp3) is 0.933. The van der Waals surface area contributed by atoms with Crippen molar-refractivity contribution in [2.45, 2.75) is 44.7 Å². The van der Waals surface area contributed by atoms with Crippen molar-refractivity contribution in [3.05, 3.63) is 0 Å². The number of amides is 1. The number of hydrogen-bond acceptors (Lipinski definition) is 5. The zero-order chi connectivity index (χ0) is 16.9. The third kappa shape index (κ3) is 6.02. The minimum absolute atomic E-state index is 0.103. The lowest BCUT2D eigenvalue weighted by Crippen LogP contribution is -2.46. The molecule has 0 spiro atoms. The summed E-state index contributed by atoms with van der Waals surface area (Å²) in [5.74, 6) is 0.181. The third-order valence-corrected chi connectivity index (χ3v) is 5.35. The van der Waals surface area contributed by atoms with Gasteiger partial charge in [0.25, 0.3) is 0 Å². The van der Waals surface area contributed by atoms with Crippen LogP contribution in [0.2, 0.25) is 0 Å². The number of carbonyl (C=O) groups excluding carboxylic acids is 1. The van der Waals surface area contributed by atoms with Crippen LogP contribution < -0.4 is 10.0 Å². The van der Waals surface area contributed by atoms with Crippen LogP contribution in [0.5, 0.6) is 0 Å². The number of hydrogen-bond donors (Lipinski definition) is 2. The van der Waals surface area contributed by atoms with Gasteiger partial charge in [-0.2, -0.15) is 0 Å². The van der Waals surface area contributed by atoms with E-state index >= 15 is 0 Å². The zero-order valence-electron chi connectivity index (χ0n) is 14.1. The molecule has 134 valence electrons. The largest absolute Gasteiger partial charge is 0.381 e. The standard InChI is InChI=1S/C15H29N3O4S/c1-3-4-12-10-18(13-5-7-22-8-6-13)11-14(12)17-15(19)9-16-23(2,20)21/h12-14,16H,3-11H2,1-2H3,(H,17,19)/t12-,14-/m1/s1. The van der Waals surface area contributed by atoms with Gasteiger partial charge in [0.05, 0.1) is 12.8 Å². The maximum atomic E-state index is 12.0. The van der Waals surface area contributed by atoms with Crippen LogP contribution in [0.3, 0.4) is 0 Å². The molecule has 0 unspecified atom stereocenters. The van der Waals surface area contributed by atoms with Crippen LogP contribution in [0.25, 0.3) is 0 Å². The minimum Gasteiger partial charge on any atom is -0.381 e. The van der Waals surface area contributed by atoms with Gasteiger partial charge in [-0.15, -0.1) is 0 Å². The van der Waals surface area contributed by atoms with Crippen LogP contribution in [0.15, 0.2) is 0 Å². The number of rotatable bonds is 7. The number of nitrogens with one attached hydrogen (secondary N) is 2. The summed E-state index contributed by atoms with van der Waals surface area (Å²) in [6.45, 7) is 5.44. The van der Waals surface area contributed by atoms with E-state index in [1.54, 1.807) is 0 Å². The molecule has 0 bridgehead atoms. The number of likely N-dealkylation sites (tertiary alicyclic amines) is 1. The van der Waals surface area contributed by atoms with Gasteiger partial charge in [-0.3, -0.25) is 9.69 Å². The molecular formula is C15H29N3O4S. The van der Waals surface area contributed by atoms with E-state index in [-0.39, 0.29) is 18.5 Å². The summed E-state index contributed by atoms with van der Waals surface area (Å²) in [6.07, 6.45) is 5.32. The lowest BCUT2D eigenvalue weighted by atomic mass is 9.98. The lowest BCUT2D eigenvalue weighted by molar-refractivity contribution is -0.120. The van der Waals surface area contributed by atoms with Gasteiger partial charge >= 0.3 is 0 Å². The monoisotopic (exact) mass is 347 g/mol. The predicted octanol–water partition coefficient (Wildman–Crippen LogP) is -0.0687. The Morgan fingerprint density at radius 1 is 1.26 bits per heavy atom. The molecule has 0 aliphatic carbocycles. The van der Waals surface area contributed by atoms with Gasteiger partial charge in [0.2, 0.25) is 15.9 Å². The van der Waals surface area contributed by atoms with Gasteiger partial charge in [0, 0.05) is 38.4 Å². The highest BCUT2D eigenvalue weighted by molar-refractivity contribution is 7.88. The van der Waals surface area contributed by atoms with Crippen LogP contribution in [0.4, 0.5) is 0 Å². The molecule has 7 nitrogen and oxygen atoms in total. The van der Waals surface area contributed by atoms with Crippen LogP contribution in [-0.2, 0) is 19.6 Å². The molecule has 2 aliphatic heterocycles. The summed E-state index contributed by atoms with van der Waals surface area (Å²) in [4.78, 5) is 14.5. The molecule has 2 N–H and O–H groups in total. The van der Waals surface area contributed by atoms with Gasteiger partial charge in [0.15, 0.2) is 0 Å². The summed E-state index contributed by atoms with van der Waals surface area (Å²) in [5, 5.41) is 3.02. The van der Waals surface area contributed by atoms with Gasteiger partial charge in [-0.05, 0) is 25.2 Å². The molecule has 23 heavy (non-hydrogen) atoms. The Kier molecular flexibility index (Phi) is 6.82. The molecular weight excluding hydrogens is 318 g/mol. The molecule has 1 amide bonds. The van der Waals surface area contributed by atoms with E-state index < -0.39 is 10.0 Å². The Labute approximate surface area is 139 Å². The molecule has 0 aromatic rings. The van der Waals surface area contributed by atoms with Crippen molar-refractivity contribution in [3.8, 4) is 0 Å². The van der Waals surface area contributed by atoms with Crippen molar-refractivity contribution in [3.63, 3.8) is 0 Å². The van der Waals surface area contributed by atoms with Crippen molar-refractivity contribution >= 4 is 15.9 Å². The van der Waals surface area contributed by atoms with Crippen LogP contribution in [0.1, 0.15) is 32.6 Å². The van der Waals surface area contributed by atoms with Crippen LogP contribution >= 0.6 is 0 Å². The molecule has 2 saturated heterocycles. The molecule has 0 aromatic heterocycles. The summed E-state index contributed by atoms with van der Waals surface area (Å²) in [5.41, 5.74) is 0. The average Bonchev–Trinajstić information content (AvgIpc) is 2.89. The van der Waals surface area contributed by atoms with Gasteiger partial charge in [0.1, 0.15) is 0 Å². The van der Waals surface area contributed by atoms with E-state index in [2.05, 4.69) is 21.9 Å². The fourth-order valence-corrected chi connectivity index (χ4v) is 3.93. The van der Waals surface area contributed by atoms with Crippen LogP contribution in [-0.4, -0.2) is 70.4 Å². The van der Waals surface area contributed by atoms with Gasteiger partial charge in [-0.25, -0.2) is 13.1 Å². The molecule has 8 heteroatoms. The van der Waals surface area contributed by atoms with Crippen molar-refractivity contribution in [1.29, 1.82) is 0 Å². The van der Waals surface area contributed by atoms with E-state index in [1.165, 1.54) is 0 Å². The molecule has 0 aromatic carbocycles. The molecule has 2 aliphatic rings. The second-order valence-electron chi connectivity index (χ2n) is 6.61. The van der Waals surface area contributed by atoms with E-state index in [1.807, 2.05) is 0 Å². The van der Waals surface area contributed by atoms with E-state index in [0.717, 1.165) is 58.2 Å².